The van der Waals surface area contributed by atoms with Crippen LogP contribution in [-0.4, -0.2) is 44.9 Å². The first-order valence-electron chi connectivity index (χ1n) is 6.00. The van der Waals surface area contributed by atoms with Crippen LogP contribution in [-0.2, 0) is 32.5 Å². The van der Waals surface area contributed by atoms with Crippen molar-refractivity contribution in [2.75, 3.05) is 24.1 Å². The lowest BCUT2D eigenvalue weighted by atomic mass is 10.0. The fourth-order valence-electron chi connectivity index (χ4n) is 2.06. The van der Waals surface area contributed by atoms with Crippen molar-refractivity contribution in [3.8, 4) is 0 Å². The number of hydrogen-bond acceptors (Lipinski definition) is 7. The van der Waals surface area contributed by atoms with Gasteiger partial charge < -0.3 is 15.2 Å². The zero-order valence-corrected chi connectivity index (χ0v) is 12.8. The molecule has 0 unspecified atom stereocenters. The predicted octanol–water partition coefficient (Wildman–Crippen LogP) is 0.00670. The number of aliphatic carboxylic acids is 1. The number of methoxy groups -OCH3 is 1. The highest BCUT2D eigenvalue weighted by molar-refractivity contribution is 7.93. The fraction of sp³-hybridized carbons (Fsp3) is 0.455. The van der Waals surface area contributed by atoms with Gasteiger partial charge in [-0.15, -0.1) is 11.3 Å². The first kappa shape index (κ1) is 15.7. The first-order valence-corrected chi connectivity index (χ1v) is 8.47. The number of thiophene rings is 1. The zero-order chi connectivity index (χ0) is 15.6. The largest absolute Gasteiger partial charge is 0.480 e. The second-order valence-electron chi connectivity index (χ2n) is 4.38. The van der Waals surface area contributed by atoms with Crippen molar-refractivity contribution < 1.29 is 27.9 Å². The Morgan fingerprint density at radius 2 is 2.19 bits per heavy atom. The van der Waals surface area contributed by atoms with Crippen molar-refractivity contribution in [2.24, 2.45) is 0 Å². The van der Waals surface area contributed by atoms with Gasteiger partial charge in [0.2, 0.25) is 10.0 Å². The van der Waals surface area contributed by atoms with Crippen LogP contribution in [0.2, 0.25) is 0 Å². The summed E-state index contributed by atoms with van der Waals surface area (Å²) >= 11 is 1.11. The molecule has 3 N–H and O–H groups in total. The molecule has 0 fully saturated rings. The van der Waals surface area contributed by atoms with Crippen LogP contribution in [0.4, 0.5) is 5.00 Å². The van der Waals surface area contributed by atoms with Crippen LogP contribution in [0.5, 0.6) is 0 Å². The first-order chi connectivity index (χ1) is 9.84. The molecule has 116 valence electrons. The van der Waals surface area contributed by atoms with E-state index in [2.05, 4.69) is 10.0 Å². The highest BCUT2D eigenvalue weighted by atomic mass is 32.2. The predicted molar refractivity (Wildman–Crippen MR) is 76.1 cm³/mol. The Hall–Kier alpha value is -1.65. The summed E-state index contributed by atoms with van der Waals surface area (Å²) in [6, 6.07) is 0. The number of carboxylic acids is 1. The molecule has 0 bridgehead atoms. The van der Waals surface area contributed by atoms with E-state index in [4.69, 9.17) is 9.84 Å². The van der Waals surface area contributed by atoms with Gasteiger partial charge in [-0.3, -0.25) is 9.52 Å². The highest BCUT2D eigenvalue weighted by Crippen LogP contribution is 2.36. The summed E-state index contributed by atoms with van der Waals surface area (Å²) in [5.74, 6) is -3.17. The number of esters is 1. The molecule has 1 aromatic rings. The van der Waals surface area contributed by atoms with Gasteiger partial charge in [-0.2, -0.15) is 0 Å². The standard InChI is InChI=1S/C11H14N2O6S2/c1-19-11(16)9-6-2-3-12-4-7(6)20-10(9)13-21(17,18)5-8(14)15/h12-13H,2-5H2,1H3,(H,14,15). The molecular formula is C11H14N2O6S2. The normalized spacial score (nSPS) is 14.3. The van der Waals surface area contributed by atoms with E-state index >= 15 is 0 Å². The summed E-state index contributed by atoms with van der Waals surface area (Å²) in [6.45, 7) is 1.21. The summed E-state index contributed by atoms with van der Waals surface area (Å²) < 4.78 is 30.3. The lowest BCUT2D eigenvalue weighted by Crippen LogP contribution is -2.24. The smallest absolute Gasteiger partial charge is 0.341 e. The molecule has 0 atom stereocenters. The lowest BCUT2D eigenvalue weighted by Gasteiger charge is -2.13. The van der Waals surface area contributed by atoms with Gasteiger partial charge in [0.25, 0.3) is 0 Å². The summed E-state index contributed by atoms with van der Waals surface area (Å²) in [5, 5.41) is 11.8. The molecular weight excluding hydrogens is 320 g/mol. The van der Waals surface area contributed by atoms with Crippen molar-refractivity contribution in [3.63, 3.8) is 0 Å². The van der Waals surface area contributed by atoms with E-state index in [0.29, 0.717) is 19.5 Å². The quantitative estimate of drug-likeness (QED) is 0.648. The van der Waals surface area contributed by atoms with Gasteiger partial charge in [0, 0.05) is 11.4 Å². The minimum Gasteiger partial charge on any atom is -0.480 e. The van der Waals surface area contributed by atoms with E-state index < -0.39 is 27.7 Å². The van der Waals surface area contributed by atoms with E-state index in [1.807, 2.05) is 0 Å². The maximum Gasteiger partial charge on any atom is 0.341 e. The number of fused-ring (bicyclic) bond motifs is 1. The molecule has 0 spiro atoms. The average Bonchev–Trinajstić information content (AvgIpc) is 2.73. The number of anilines is 1. The van der Waals surface area contributed by atoms with Gasteiger partial charge in [-0.25, -0.2) is 13.2 Å². The number of rotatable bonds is 5. The Labute approximate surface area is 125 Å². The van der Waals surface area contributed by atoms with Crippen molar-refractivity contribution >= 4 is 38.3 Å². The maximum atomic E-state index is 11.9. The van der Waals surface area contributed by atoms with Gasteiger partial charge in [-0.05, 0) is 18.5 Å². The van der Waals surface area contributed by atoms with Crippen molar-refractivity contribution in [1.29, 1.82) is 0 Å². The Kier molecular flexibility index (Phi) is 4.49. The van der Waals surface area contributed by atoms with Gasteiger partial charge in [0.15, 0.2) is 5.75 Å². The molecule has 10 heteroatoms. The Balaban J connectivity index is 2.41. The van der Waals surface area contributed by atoms with Crippen LogP contribution in [0.3, 0.4) is 0 Å². The van der Waals surface area contributed by atoms with E-state index in [-0.39, 0.29) is 10.6 Å². The summed E-state index contributed by atoms with van der Waals surface area (Å²) in [7, 11) is -2.85. The molecule has 0 amide bonds. The molecule has 2 heterocycles. The number of carbonyl (C=O) groups is 2. The minimum atomic E-state index is -4.06. The van der Waals surface area contributed by atoms with E-state index in [1.54, 1.807) is 0 Å². The second kappa shape index (κ2) is 6.00. The third-order valence-corrected chi connectivity index (χ3v) is 5.30. The van der Waals surface area contributed by atoms with Crippen LogP contribution in [0, 0.1) is 0 Å². The number of carboxylic acid groups (broad SMARTS) is 1. The van der Waals surface area contributed by atoms with Crippen LogP contribution in [0.25, 0.3) is 0 Å². The minimum absolute atomic E-state index is 0.108. The number of carbonyl (C=O) groups excluding carboxylic acids is 1. The molecule has 0 aromatic carbocycles. The molecule has 1 aliphatic rings. The van der Waals surface area contributed by atoms with Gasteiger partial charge in [0.05, 0.1) is 12.7 Å². The summed E-state index contributed by atoms with van der Waals surface area (Å²) in [6.07, 6.45) is 0.580. The molecule has 2 rings (SSSR count). The van der Waals surface area contributed by atoms with Crippen LogP contribution in [0.1, 0.15) is 20.8 Å². The fourth-order valence-corrected chi connectivity index (χ4v) is 4.45. The van der Waals surface area contributed by atoms with Gasteiger partial charge >= 0.3 is 11.9 Å². The van der Waals surface area contributed by atoms with Crippen LogP contribution >= 0.6 is 11.3 Å². The summed E-state index contributed by atoms with van der Waals surface area (Å²) in [4.78, 5) is 23.3. The molecule has 0 saturated heterocycles. The summed E-state index contributed by atoms with van der Waals surface area (Å²) in [5.41, 5.74) is 0.923. The van der Waals surface area contributed by atoms with Gasteiger partial charge in [0.1, 0.15) is 5.00 Å². The Morgan fingerprint density at radius 3 is 2.81 bits per heavy atom. The highest BCUT2D eigenvalue weighted by Gasteiger charge is 2.28. The second-order valence-corrected chi connectivity index (χ2v) is 7.21. The van der Waals surface area contributed by atoms with Crippen molar-refractivity contribution in [2.45, 2.75) is 13.0 Å². The van der Waals surface area contributed by atoms with Crippen LogP contribution in [0.15, 0.2) is 0 Å². The molecule has 21 heavy (non-hydrogen) atoms. The molecule has 0 radical (unpaired) electrons. The van der Waals surface area contributed by atoms with Crippen LogP contribution < -0.4 is 10.0 Å². The van der Waals surface area contributed by atoms with E-state index in [1.165, 1.54) is 7.11 Å². The SMILES string of the molecule is COC(=O)c1c(NS(=O)(=O)CC(=O)O)sc2c1CCNC2. The molecule has 1 aromatic heterocycles. The molecule has 1 aliphatic heterocycles. The molecule has 0 aliphatic carbocycles. The third kappa shape index (κ3) is 3.52. The number of hydrogen-bond donors (Lipinski definition) is 3. The number of sulfonamides is 1. The third-order valence-electron chi connectivity index (χ3n) is 2.88. The Morgan fingerprint density at radius 1 is 1.48 bits per heavy atom. The number of ether oxygens (including phenoxy) is 1. The zero-order valence-electron chi connectivity index (χ0n) is 11.1. The van der Waals surface area contributed by atoms with Crippen molar-refractivity contribution in [1.82, 2.24) is 5.32 Å². The number of nitrogens with one attached hydrogen (secondary N) is 2. The van der Waals surface area contributed by atoms with Crippen molar-refractivity contribution in [3.05, 3.63) is 16.0 Å². The average molecular weight is 334 g/mol. The molecule has 0 saturated carbocycles. The monoisotopic (exact) mass is 334 g/mol. The topological polar surface area (TPSA) is 122 Å². The lowest BCUT2D eigenvalue weighted by molar-refractivity contribution is -0.134. The van der Waals surface area contributed by atoms with Gasteiger partial charge in [-0.1, -0.05) is 0 Å². The maximum absolute atomic E-state index is 11.9. The Bertz CT molecular complexity index is 679. The van der Waals surface area contributed by atoms with E-state index in [0.717, 1.165) is 21.8 Å². The van der Waals surface area contributed by atoms with E-state index in [9.17, 15) is 18.0 Å². The molecule has 8 nitrogen and oxygen atoms in total.